The van der Waals surface area contributed by atoms with E-state index >= 15 is 0 Å². The van der Waals surface area contributed by atoms with Crippen LogP contribution in [0.4, 0.5) is 0 Å². The number of pyridine rings is 1. The van der Waals surface area contributed by atoms with Crippen LogP contribution in [0.1, 0.15) is 78.7 Å². The summed E-state index contributed by atoms with van der Waals surface area (Å²) in [5.41, 5.74) is 3.86. The number of aromatic nitrogens is 1. The van der Waals surface area contributed by atoms with E-state index in [1.54, 1.807) is 49.4 Å². The Morgan fingerprint density at radius 3 is 2.22 bits per heavy atom. The molecule has 0 aliphatic rings. The van der Waals surface area contributed by atoms with Crippen LogP contribution in [0.3, 0.4) is 0 Å². The number of aryl methyl sites for hydroxylation is 1. The van der Waals surface area contributed by atoms with Gasteiger partial charge in [0.1, 0.15) is 12.4 Å². The van der Waals surface area contributed by atoms with Crippen molar-refractivity contribution in [3.8, 4) is 17.0 Å². The highest BCUT2D eigenvalue weighted by Crippen LogP contribution is 2.20. The molecule has 0 aliphatic heterocycles. The van der Waals surface area contributed by atoms with Crippen molar-refractivity contribution in [2.75, 3.05) is 6.61 Å². The number of esters is 1. The normalized spacial score (nSPS) is 11.5. The number of carbonyl (C=O) groups excluding carboxylic acids is 2. The molecule has 0 bridgehead atoms. The van der Waals surface area contributed by atoms with Gasteiger partial charge in [-0.3, -0.25) is 9.78 Å². The number of Topliss-reactive ketones (excluding diaryl/α,β-unsaturated/α-hetero) is 1. The van der Waals surface area contributed by atoms with Gasteiger partial charge < -0.3 is 9.47 Å². The SMILES string of the molecule is C=CCOc1ccc(C(=O)C(C)OC(=O)c2ccc(-c3ccc(CCCCCCCC)cn3)cc2)cc1. The van der Waals surface area contributed by atoms with Crippen LogP contribution in [-0.2, 0) is 11.2 Å². The molecule has 0 N–H and O–H groups in total. The molecule has 37 heavy (non-hydrogen) atoms. The zero-order valence-electron chi connectivity index (χ0n) is 21.9. The molecular weight excluding hydrogens is 462 g/mol. The topological polar surface area (TPSA) is 65.5 Å². The van der Waals surface area contributed by atoms with Crippen molar-refractivity contribution in [3.05, 3.63) is 96.2 Å². The first kappa shape index (κ1) is 27.9. The van der Waals surface area contributed by atoms with E-state index in [4.69, 9.17) is 9.47 Å². The highest BCUT2D eigenvalue weighted by Gasteiger charge is 2.20. The molecule has 5 heteroatoms. The lowest BCUT2D eigenvalue weighted by Gasteiger charge is -2.13. The van der Waals surface area contributed by atoms with Crippen LogP contribution in [0, 0.1) is 0 Å². The molecule has 5 nitrogen and oxygen atoms in total. The van der Waals surface area contributed by atoms with Gasteiger partial charge in [-0.05, 0) is 67.8 Å². The molecule has 0 saturated carbocycles. The van der Waals surface area contributed by atoms with Crippen LogP contribution in [-0.4, -0.2) is 29.4 Å². The molecule has 0 amide bonds. The lowest BCUT2D eigenvalue weighted by atomic mass is 10.0. The van der Waals surface area contributed by atoms with Crippen LogP contribution >= 0.6 is 0 Å². The van der Waals surface area contributed by atoms with Crippen molar-refractivity contribution in [1.29, 1.82) is 0 Å². The van der Waals surface area contributed by atoms with Crippen molar-refractivity contribution < 1.29 is 19.1 Å². The largest absolute Gasteiger partial charge is 0.490 e. The number of rotatable bonds is 15. The van der Waals surface area contributed by atoms with E-state index in [-0.39, 0.29) is 5.78 Å². The summed E-state index contributed by atoms with van der Waals surface area (Å²) >= 11 is 0. The number of carbonyl (C=O) groups is 2. The third kappa shape index (κ3) is 8.71. The average Bonchev–Trinajstić information content (AvgIpc) is 2.94. The first-order valence-corrected chi connectivity index (χ1v) is 13.2. The molecule has 0 spiro atoms. The quantitative estimate of drug-likeness (QED) is 0.0930. The molecule has 1 aromatic heterocycles. The van der Waals surface area contributed by atoms with Crippen LogP contribution in [0.25, 0.3) is 11.3 Å². The molecule has 0 aliphatic carbocycles. The standard InChI is InChI=1S/C32H37NO4/c1-4-6-7-8-9-10-11-25-12-21-30(33-23-25)26-13-15-28(16-14-26)32(35)37-24(3)31(34)27-17-19-29(20-18-27)36-22-5-2/h5,12-21,23-24H,2,4,6-11,22H2,1,3H3. The second kappa shape index (κ2) is 14.7. The fourth-order valence-corrected chi connectivity index (χ4v) is 4.02. The number of hydrogen-bond acceptors (Lipinski definition) is 5. The summed E-state index contributed by atoms with van der Waals surface area (Å²) in [5.74, 6) is -0.172. The summed E-state index contributed by atoms with van der Waals surface area (Å²) in [7, 11) is 0. The smallest absolute Gasteiger partial charge is 0.338 e. The fourth-order valence-electron chi connectivity index (χ4n) is 4.02. The molecule has 3 aromatic rings. The zero-order valence-corrected chi connectivity index (χ0v) is 21.9. The first-order valence-electron chi connectivity index (χ1n) is 13.2. The van der Waals surface area contributed by atoms with Crippen LogP contribution in [0.2, 0.25) is 0 Å². The van der Waals surface area contributed by atoms with Crippen LogP contribution in [0.15, 0.2) is 79.5 Å². The van der Waals surface area contributed by atoms with Crippen molar-refractivity contribution in [3.63, 3.8) is 0 Å². The molecule has 1 heterocycles. The third-order valence-corrected chi connectivity index (χ3v) is 6.22. The second-order valence-corrected chi connectivity index (χ2v) is 9.18. The van der Waals surface area contributed by atoms with Gasteiger partial charge >= 0.3 is 5.97 Å². The number of hydrogen-bond donors (Lipinski definition) is 0. The Labute approximate surface area is 220 Å². The van der Waals surface area contributed by atoms with Gasteiger partial charge in [0.2, 0.25) is 5.78 Å². The summed E-state index contributed by atoms with van der Waals surface area (Å²) in [6.07, 6.45) is 11.4. The molecular formula is C32H37NO4. The maximum absolute atomic E-state index is 12.7. The van der Waals surface area contributed by atoms with Gasteiger partial charge in [0.25, 0.3) is 0 Å². The predicted molar refractivity (Wildman–Crippen MR) is 148 cm³/mol. The monoisotopic (exact) mass is 499 g/mol. The Morgan fingerprint density at radius 2 is 1.57 bits per heavy atom. The lowest BCUT2D eigenvalue weighted by Crippen LogP contribution is -2.24. The van der Waals surface area contributed by atoms with Gasteiger partial charge in [0.05, 0.1) is 11.3 Å². The fraction of sp³-hybridized carbons (Fsp3) is 0.344. The molecule has 0 radical (unpaired) electrons. The predicted octanol–water partition coefficient (Wildman–Crippen LogP) is 7.64. The van der Waals surface area contributed by atoms with Gasteiger partial charge in [0, 0.05) is 17.3 Å². The number of benzene rings is 2. The molecule has 0 saturated heterocycles. The zero-order chi connectivity index (χ0) is 26.5. The first-order chi connectivity index (χ1) is 18.0. The van der Waals surface area contributed by atoms with E-state index in [1.807, 2.05) is 24.4 Å². The van der Waals surface area contributed by atoms with Gasteiger partial charge in [-0.15, -0.1) is 0 Å². The number of nitrogens with zero attached hydrogens (tertiary/aromatic N) is 1. The van der Waals surface area contributed by atoms with Gasteiger partial charge in [-0.1, -0.05) is 69.9 Å². The number of unbranched alkanes of at least 4 members (excludes halogenated alkanes) is 5. The van der Waals surface area contributed by atoms with E-state index in [0.717, 1.165) is 17.7 Å². The van der Waals surface area contributed by atoms with Gasteiger partial charge in [0.15, 0.2) is 6.10 Å². The van der Waals surface area contributed by atoms with E-state index in [1.165, 1.54) is 44.1 Å². The summed E-state index contributed by atoms with van der Waals surface area (Å²) in [5, 5.41) is 0. The van der Waals surface area contributed by atoms with E-state index in [0.29, 0.717) is 23.5 Å². The lowest BCUT2D eigenvalue weighted by molar-refractivity contribution is 0.0319. The second-order valence-electron chi connectivity index (χ2n) is 9.18. The van der Waals surface area contributed by atoms with Gasteiger partial charge in [-0.25, -0.2) is 4.79 Å². The summed E-state index contributed by atoms with van der Waals surface area (Å²) in [6, 6.07) is 18.0. The molecule has 0 fully saturated rings. The van der Waals surface area contributed by atoms with E-state index in [2.05, 4.69) is 24.6 Å². The molecule has 1 atom stereocenters. The Balaban J connectivity index is 1.51. The maximum atomic E-state index is 12.7. The Hall–Kier alpha value is -3.73. The number of ether oxygens (including phenoxy) is 2. The van der Waals surface area contributed by atoms with Crippen LogP contribution < -0.4 is 4.74 Å². The van der Waals surface area contributed by atoms with Crippen LogP contribution in [0.5, 0.6) is 5.75 Å². The molecule has 3 rings (SSSR count). The minimum Gasteiger partial charge on any atom is -0.490 e. The van der Waals surface area contributed by atoms with E-state index in [9.17, 15) is 9.59 Å². The Kier molecular flexibility index (Phi) is 11.1. The van der Waals surface area contributed by atoms with Crippen molar-refractivity contribution >= 4 is 11.8 Å². The minimum absolute atomic E-state index is 0.273. The number of ketones is 1. The highest BCUT2D eigenvalue weighted by molar-refractivity contribution is 6.01. The van der Waals surface area contributed by atoms with Crippen molar-refractivity contribution in [1.82, 2.24) is 4.98 Å². The Morgan fingerprint density at radius 1 is 0.892 bits per heavy atom. The van der Waals surface area contributed by atoms with Crippen molar-refractivity contribution in [2.45, 2.75) is 64.9 Å². The third-order valence-electron chi connectivity index (χ3n) is 6.22. The average molecular weight is 500 g/mol. The molecule has 2 aromatic carbocycles. The highest BCUT2D eigenvalue weighted by atomic mass is 16.5. The Bertz CT molecular complexity index is 1130. The summed E-state index contributed by atoms with van der Waals surface area (Å²) in [4.78, 5) is 29.9. The molecule has 194 valence electrons. The maximum Gasteiger partial charge on any atom is 0.338 e. The summed E-state index contributed by atoms with van der Waals surface area (Å²) in [6.45, 7) is 7.81. The summed E-state index contributed by atoms with van der Waals surface area (Å²) < 4.78 is 10.9. The minimum atomic E-state index is -0.909. The van der Waals surface area contributed by atoms with Crippen molar-refractivity contribution in [2.24, 2.45) is 0 Å². The molecule has 1 unspecified atom stereocenters. The van der Waals surface area contributed by atoms with E-state index < -0.39 is 12.1 Å². The van der Waals surface area contributed by atoms with Gasteiger partial charge in [-0.2, -0.15) is 0 Å².